The van der Waals surface area contributed by atoms with E-state index in [-0.39, 0.29) is 11.6 Å². The summed E-state index contributed by atoms with van der Waals surface area (Å²) < 4.78 is 1.83. The van der Waals surface area contributed by atoms with Crippen LogP contribution in [-0.2, 0) is 0 Å². The molecule has 0 aliphatic heterocycles. The minimum atomic E-state index is -1.19. The fourth-order valence-electron chi connectivity index (χ4n) is 2.04. The van der Waals surface area contributed by atoms with Crippen LogP contribution in [0.25, 0.3) is 0 Å². The van der Waals surface area contributed by atoms with Crippen LogP contribution in [0.2, 0.25) is 0 Å². The van der Waals surface area contributed by atoms with Gasteiger partial charge in [0, 0.05) is 27.7 Å². The molecule has 0 aliphatic rings. The van der Waals surface area contributed by atoms with Crippen LogP contribution in [0.5, 0.6) is 0 Å². The molecule has 19 heavy (non-hydrogen) atoms. The summed E-state index contributed by atoms with van der Waals surface area (Å²) in [6.07, 6.45) is 1.43. The fourth-order valence-corrected chi connectivity index (χ4v) is 2.97. The monoisotopic (exact) mass is 277 g/mol. The van der Waals surface area contributed by atoms with Gasteiger partial charge < -0.3 is 9.67 Å². The maximum absolute atomic E-state index is 11.6. The van der Waals surface area contributed by atoms with E-state index in [2.05, 4.69) is 0 Å². The highest BCUT2D eigenvalue weighted by Crippen LogP contribution is 2.26. The van der Waals surface area contributed by atoms with Crippen LogP contribution >= 0.6 is 11.3 Å². The lowest BCUT2D eigenvalue weighted by Gasteiger charge is -2.18. The van der Waals surface area contributed by atoms with Crippen LogP contribution in [0, 0.1) is 13.8 Å². The summed E-state index contributed by atoms with van der Waals surface area (Å²) in [6, 6.07) is 5.45. The van der Waals surface area contributed by atoms with E-state index in [1.54, 1.807) is 11.3 Å². The molecular weight excluding hydrogens is 262 g/mol. The molecule has 2 heterocycles. The highest BCUT2D eigenvalue weighted by molar-refractivity contribution is 7.12. The second kappa shape index (κ2) is 5.01. The summed E-state index contributed by atoms with van der Waals surface area (Å²) in [5.74, 6) is -1.19. The Morgan fingerprint density at radius 3 is 2.58 bits per heavy atom. The molecule has 0 amide bonds. The van der Waals surface area contributed by atoms with E-state index in [0.29, 0.717) is 0 Å². The average Bonchev–Trinajstić information content (AvgIpc) is 2.74. The second-order valence-corrected chi connectivity index (χ2v) is 5.85. The minimum Gasteiger partial charge on any atom is -0.477 e. The average molecular weight is 277 g/mol. The lowest BCUT2D eigenvalue weighted by atomic mass is 10.2. The maximum atomic E-state index is 11.6. The van der Waals surface area contributed by atoms with Gasteiger partial charge in [-0.25, -0.2) is 4.79 Å². The van der Waals surface area contributed by atoms with Gasteiger partial charge in [-0.1, -0.05) is 0 Å². The number of rotatable bonds is 3. The number of carboxylic acid groups (broad SMARTS) is 1. The van der Waals surface area contributed by atoms with Gasteiger partial charge >= 0.3 is 5.97 Å². The maximum Gasteiger partial charge on any atom is 0.341 e. The molecule has 0 fully saturated rings. The molecule has 5 heteroatoms. The van der Waals surface area contributed by atoms with E-state index in [1.807, 2.05) is 37.5 Å². The zero-order valence-electron chi connectivity index (χ0n) is 11.0. The first-order chi connectivity index (χ1) is 8.90. The normalized spacial score (nSPS) is 12.4. The molecule has 0 saturated carbocycles. The third-order valence-corrected chi connectivity index (χ3v) is 4.27. The lowest BCUT2D eigenvalue weighted by Crippen LogP contribution is -2.20. The molecule has 0 spiro atoms. The first-order valence-electron chi connectivity index (χ1n) is 5.92. The van der Waals surface area contributed by atoms with E-state index in [9.17, 15) is 9.59 Å². The van der Waals surface area contributed by atoms with Gasteiger partial charge in [-0.2, -0.15) is 0 Å². The number of aromatic nitrogens is 1. The van der Waals surface area contributed by atoms with Gasteiger partial charge in [-0.15, -0.1) is 11.3 Å². The number of hydrogen-bond acceptors (Lipinski definition) is 3. The van der Waals surface area contributed by atoms with Crippen molar-refractivity contribution in [3.8, 4) is 0 Å². The number of thiophene rings is 1. The highest BCUT2D eigenvalue weighted by atomic mass is 32.1. The summed E-state index contributed by atoms with van der Waals surface area (Å²) in [6.45, 7) is 5.83. The number of carboxylic acids is 1. The SMILES string of the molecule is Cc1ccc(C(C)n2cc(C(=O)O)c(=O)cc2C)s1. The largest absolute Gasteiger partial charge is 0.477 e. The summed E-state index contributed by atoms with van der Waals surface area (Å²) in [4.78, 5) is 25.0. The summed E-state index contributed by atoms with van der Waals surface area (Å²) in [7, 11) is 0. The molecule has 0 aromatic carbocycles. The highest BCUT2D eigenvalue weighted by Gasteiger charge is 2.15. The first kappa shape index (κ1) is 13.5. The Kier molecular flexibility index (Phi) is 3.57. The van der Waals surface area contributed by atoms with Crippen LogP contribution in [0.15, 0.2) is 29.2 Å². The minimum absolute atomic E-state index is 0.0115. The smallest absolute Gasteiger partial charge is 0.341 e. The van der Waals surface area contributed by atoms with E-state index < -0.39 is 11.4 Å². The van der Waals surface area contributed by atoms with Gasteiger partial charge in [-0.3, -0.25) is 4.79 Å². The molecule has 1 unspecified atom stereocenters. The molecule has 2 aromatic heterocycles. The topological polar surface area (TPSA) is 59.3 Å². The van der Waals surface area contributed by atoms with Gasteiger partial charge in [0.1, 0.15) is 5.56 Å². The number of carbonyl (C=O) groups is 1. The van der Waals surface area contributed by atoms with Gasteiger partial charge in [0.2, 0.25) is 0 Å². The number of pyridine rings is 1. The van der Waals surface area contributed by atoms with E-state index in [0.717, 1.165) is 10.6 Å². The summed E-state index contributed by atoms with van der Waals surface area (Å²) >= 11 is 1.67. The van der Waals surface area contributed by atoms with Crippen LogP contribution < -0.4 is 5.43 Å². The Morgan fingerprint density at radius 1 is 1.37 bits per heavy atom. The number of aryl methyl sites for hydroxylation is 2. The third-order valence-electron chi connectivity index (χ3n) is 3.10. The molecule has 2 aromatic rings. The Hall–Kier alpha value is -1.88. The second-order valence-electron chi connectivity index (χ2n) is 4.53. The molecule has 2 rings (SSSR count). The van der Waals surface area contributed by atoms with Crippen molar-refractivity contribution in [3.63, 3.8) is 0 Å². The Balaban J connectivity index is 2.53. The van der Waals surface area contributed by atoms with Crippen molar-refractivity contribution in [2.75, 3.05) is 0 Å². The fraction of sp³-hybridized carbons (Fsp3) is 0.286. The molecule has 0 saturated heterocycles. The van der Waals surface area contributed by atoms with Crippen molar-refractivity contribution in [2.45, 2.75) is 26.8 Å². The van der Waals surface area contributed by atoms with Crippen molar-refractivity contribution < 1.29 is 9.90 Å². The van der Waals surface area contributed by atoms with E-state index in [1.165, 1.54) is 17.1 Å². The zero-order chi connectivity index (χ0) is 14.2. The van der Waals surface area contributed by atoms with Gasteiger partial charge in [0.15, 0.2) is 5.43 Å². The molecule has 4 nitrogen and oxygen atoms in total. The van der Waals surface area contributed by atoms with Crippen molar-refractivity contribution in [1.82, 2.24) is 4.57 Å². The zero-order valence-corrected chi connectivity index (χ0v) is 11.8. The lowest BCUT2D eigenvalue weighted by molar-refractivity contribution is 0.0694. The number of aromatic carboxylic acids is 1. The Morgan fingerprint density at radius 2 is 2.05 bits per heavy atom. The number of hydrogen-bond donors (Lipinski definition) is 1. The van der Waals surface area contributed by atoms with Crippen LogP contribution in [-0.4, -0.2) is 15.6 Å². The first-order valence-corrected chi connectivity index (χ1v) is 6.74. The van der Waals surface area contributed by atoms with Gasteiger partial charge in [-0.05, 0) is 32.9 Å². The van der Waals surface area contributed by atoms with Crippen LogP contribution in [0.1, 0.15) is 38.8 Å². The van der Waals surface area contributed by atoms with Crippen molar-refractivity contribution in [3.05, 3.63) is 55.6 Å². The Labute approximate surface area is 115 Å². The van der Waals surface area contributed by atoms with Crippen LogP contribution in [0.4, 0.5) is 0 Å². The predicted octanol–water partition coefficient (Wildman–Crippen LogP) is 2.83. The van der Waals surface area contributed by atoms with E-state index >= 15 is 0 Å². The summed E-state index contributed by atoms with van der Waals surface area (Å²) in [5.41, 5.74) is 0.120. The quantitative estimate of drug-likeness (QED) is 0.938. The molecule has 0 aliphatic carbocycles. The molecular formula is C14H15NO3S. The van der Waals surface area contributed by atoms with Crippen molar-refractivity contribution >= 4 is 17.3 Å². The molecule has 1 N–H and O–H groups in total. The number of nitrogens with zero attached hydrogens (tertiary/aromatic N) is 1. The Bertz CT molecular complexity index is 684. The molecule has 1 atom stereocenters. The molecule has 0 radical (unpaired) electrons. The third kappa shape index (κ3) is 2.61. The standard InChI is InChI=1S/C14H15NO3S/c1-8-6-12(16)11(14(17)18)7-15(8)10(3)13-5-4-9(2)19-13/h4-7,10H,1-3H3,(H,17,18). The molecule has 0 bridgehead atoms. The van der Waals surface area contributed by atoms with E-state index in [4.69, 9.17) is 5.11 Å². The predicted molar refractivity (Wildman–Crippen MR) is 75.3 cm³/mol. The van der Waals surface area contributed by atoms with Crippen molar-refractivity contribution in [1.29, 1.82) is 0 Å². The summed E-state index contributed by atoms with van der Waals surface area (Å²) in [5, 5.41) is 9.03. The van der Waals surface area contributed by atoms with Crippen LogP contribution in [0.3, 0.4) is 0 Å². The molecule has 100 valence electrons. The van der Waals surface area contributed by atoms with Gasteiger partial charge in [0.25, 0.3) is 0 Å². The van der Waals surface area contributed by atoms with Gasteiger partial charge in [0.05, 0.1) is 6.04 Å². The van der Waals surface area contributed by atoms with Crippen molar-refractivity contribution in [2.24, 2.45) is 0 Å².